The van der Waals surface area contributed by atoms with E-state index in [1.807, 2.05) is 12.1 Å². The van der Waals surface area contributed by atoms with E-state index < -0.39 is 0 Å². The third-order valence-corrected chi connectivity index (χ3v) is 5.84. The van der Waals surface area contributed by atoms with Crippen LogP contribution >= 0.6 is 22.9 Å². The first-order chi connectivity index (χ1) is 8.63. The number of fused-ring (bicyclic) bond motifs is 1. The molecule has 0 radical (unpaired) electrons. The highest BCUT2D eigenvalue weighted by molar-refractivity contribution is 7.19. The van der Waals surface area contributed by atoms with E-state index in [1.165, 1.54) is 11.4 Å². The van der Waals surface area contributed by atoms with Crippen LogP contribution in [-0.4, -0.2) is 18.1 Å². The van der Waals surface area contributed by atoms with Gasteiger partial charge in [-0.1, -0.05) is 31.5 Å². The average molecular weight is 281 g/mol. The molecule has 96 valence electrons. The van der Waals surface area contributed by atoms with Crippen molar-refractivity contribution in [2.45, 2.75) is 25.7 Å². The van der Waals surface area contributed by atoms with E-state index in [-0.39, 0.29) is 5.41 Å². The van der Waals surface area contributed by atoms with E-state index in [0.29, 0.717) is 5.92 Å². The summed E-state index contributed by atoms with van der Waals surface area (Å²) in [6.07, 6.45) is 1.17. The number of nitrogens with one attached hydrogen (secondary N) is 1. The lowest BCUT2D eigenvalue weighted by Gasteiger charge is -2.30. The number of aromatic nitrogens is 1. The van der Waals surface area contributed by atoms with Crippen molar-refractivity contribution >= 4 is 33.2 Å². The summed E-state index contributed by atoms with van der Waals surface area (Å²) in [6, 6.07) is 5.97. The van der Waals surface area contributed by atoms with Gasteiger partial charge in [-0.15, -0.1) is 11.3 Å². The molecule has 1 aromatic heterocycles. The molecular formula is C14H17ClN2S. The molecule has 1 aliphatic rings. The van der Waals surface area contributed by atoms with E-state index in [4.69, 9.17) is 16.6 Å². The van der Waals surface area contributed by atoms with Crippen LogP contribution in [0.5, 0.6) is 0 Å². The molecule has 4 heteroatoms. The van der Waals surface area contributed by atoms with Crippen molar-refractivity contribution < 1.29 is 0 Å². The Morgan fingerprint density at radius 1 is 1.44 bits per heavy atom. The Labute approximate surface area is 116 Å². The largest absolute Gasteiger partial charge is 0.316 e. The van der Waals surface area contributed by atoms with E-state index in [1.54, 1.807) is 11.3 Å². The number of rotatable bonds is 2. The normalized spacial score (nSPS) is 24.2. The Hall–Kier alpha value is -0.640. The van der Waals surface area contributed by atoms with Crippen LogP contribution in [-0.2, 0) is 5.41 Å². The first-order valence-electron chi connectivity index (χ1n) is 6.40. The predicted octanol–water partition coefficient (Wildman–Crippen LogP) is 3.84. The SMILES string of the molecule is CC(C)C1(c2nc3cccc(Cl)c3s2)CCNC1. The summed E-state index contributed by atoms with van der Waals surface area (Å²) in [5, 5.41) is 5.55. The zero-order chi connectivity index (χ0) is 12.8. The number of benzene rings is 1. The summed E-state index contributed by atoms with van der Waals surface area (Å²) in [6.45, 7) is 6.70. The lowest BCUT2D eigenvalue weighted by atomic mass is 9.77. The maximum atomic E-state index is 6.26. The number of halogens is 1. The summed E-state index contributed by atoms with van der Waals surface area (Å²) in [4.78, 5) is 4.84. The molecule has 1 atom stereocenters. The van der Waals surface area contributed by atoms with Gasteiger partial charge in [-0.25, -0.2) is 4.98 Å². The van der Waals surface area contributed by atoms with Crippen LogP contribution in [0.2, 0.25) is 5.02 Å². The monoisotopic (exact) mass is 280 g/mol. The summed E-state index contributed by atoms with van der Waals surface area (Å²) in [5.41, 5.74) is 1.22. The molecular weight excluding hydrogens is 264 g/mol. The van der Waals surface area contributed by atoms with Gasteiger partial charge >= 0.3 is 0 Å². The molecule has 18 heavy (non-hydrogen) atoms. The van der Waals surface area contributed by atoms with E-state index in [0.717, 1.165) is 28.3 Å². The lowest BCUT2D eigenvalue weighted by Crippen LogP contribution is -2.34. The number of nitrogens with zero attached hydrogens (tertiary/aromatic N) is 1. The van der Waals surface area contributed by atoms with Crippen molar-refractivity contribution in [3.05, 3.63) is 28.2 Å². The molecule has 1 unspecified atom stereocenters. The molecule has 1 aromatic carbocycles. The van der Waals surface area contributed by atoms with E-state index >= 15 is 0 Å². The summed E-state index contributed by atoms with van der Waals surface area (Å²) < 4.78 is 1.13. The first kappa shape index (κ1) is 12.4. The molecule has 0 amide bonds. The van der Waals surface area contributed by atoms with Crippen LogP contribution in [0.3, 0.4) is 0 Å². The Kier molecular flexibility index (Phi) is 3.08. The maximum Gasteiger partial charge on any atom is 0.102 e. The van der Waals surface area contributed by atoms with Gasteiger partial charge in [-0.3, -0.25) is 0 Å². The van der Waals surface area contributed by atoms with Crippen LogP contribution in [0.1, 0.15) is 25.3 Å². The van der Waals surface area contributed by atoms with Crippen LogP contribution < -0.4 is 5.32 Å². The molecule has 2 heterocycles. The second-order valence-corrected chi connectivity index (χ2v) is 6.75. The smallest absolute Gasteiger partial charge is 0.102 e. The minimum absolute atomic E-state index is 0.188. The van der Waals surface area contributed by atoms with E-state index in [9.17, 15) is 0 Å². The predicted molar refractivity (Wildman–Crippen MR) is 78.6 cm³/mol. The second-order valence-electron chi connectivity index (χ2n) is 5.34. The third kappa shape index (κ3) is 1.77. The Morgan fingerprint density at radius 3 is 2.89 bits per heavy atom. The quantitative estimate of drug-likeness (QED) is 0.904. The van der Waals surface area contributed by atoms with Crippen LogP contribution in [0.15, 0.2) is 18.2 Å². The fourth-order valence-electron chi connectivity index (χ4n) is 2.76. The van der Waals surface area contributed by atoms with Crippen LogP contribution in [0, 0.1) is 5.92 Å². The molecule has 1 saturated heterocycles. The van der Waals surface area contributed by atoms with Gasteiger partial charge in [0, 0.05) is 12.0 Å². The Bertz CT molecular complexity index is 570. The van der Waals surface area contributed by atoms with Crippen molar-refractivity contribution in [3.8, 4) is 0 Å². The third-order valence-electron chi connectivity index (χ3n) is 4.09. The molecule has 0 spiro atoms. The summed E-state index contributed by atoms with van der Waals surface area (Å²) >= 11 is 8.02. The number of thiazole rings is 1. The van der Waals surface area contributed by atoms with Gasteiger partial charge in [0.05, 0.1) is 15.2 Å². The zero-order valence-electron chi connectivity index (χ0n) is 10.7. The van der Waals surface area contributed by atoms with Gasteiger partial charge in [-0.2, -0.15) is 0 Å². The highest BCUT2D eigenvalue weighted by Crippen LogP contribution is 2.42. The fourth-order valence-corrected chi connectivity index (χ4v) is 4.38. The highest BCUT2D eigenvalue weighted by atomic mass is 35.5. The standard InChI is InChI=1S/C14H17ClN2S/c1-9(2)14(6-7-16-8-14)13-17-11-5-3-4-10(15)12(11)18-13/h3-5,9,16H,6-8H2,1-2H3. The lowest BCUT2D eigenvalue weighted by molar-refractivity contribution is 0.336. The molecule has 1 N–H and O–H groups in total. The molecule has 2 nitrogen and oxygen atoms in total. The van der Waals surface area contributed by atoms with Gasteiger partial charge in [0.2, 0.25) is 0 Å². The first-order valence-corrected chi connectivity index (χ1v) is 7.59. The summed E-state index contributed by atoms with van der Waals surface area (Å²) in [7, 11) is 0. The highest BCUT2D eigenvalue weighted by Gasteiger charge is 2.41. The molecule has 3 rings (SSSR count). The van der Waals surface area contributed by atoms with Crippen molar-refractivity contribution in [3.63, 3.8) is 0 Å². The van der Waals surface area contributed by atoms with Gasteiger partial charge in [0.15, 0.2) is 0 Å². The van der Waals surface area contributed by atoms with Gasteiger partial charge in [0.25, 0.3) is 0 Å². The molecule has 1 aliphatic heterocycles. The summed E-state index contributed by atoms with van der Waals surface area (Å²) in [5.74, 6) is 0.590. The Morgan fingerprint density at radius 2 is 2.28 bits per heavy atom. The molecule has 2 aromatic rings. The minimum atomic E-state index is 0.188. The van der Waals surface area contributed by atoms with Gasteiger partial charge in [0.1, 0.15) is 5.01 Å². The van der Waals surface area contributed by atoms with Crippen molar-refractivity contribution in [1.29, 1.82) is 0 Å². The average Bonchev–Trinajstić information content (AvgIpc) is 2.96. The molecule has 0 aliphatic carbocycles. The van der Waals surface area contributed by atoms with Crippen molar-refractivity contribution in [1.82, 2.24) is 10.3 Å². The van der Waals surface area contributed by atoms with E-state index in [2.05, 4.69) is 25.2 Å². The zero-order valence-corrected chi connectivity index (χ0v) is 12.2. The minimum Gasteiger partial charge on any atom is -0.316 e. The molecule has 0 bridgehead atoms. The molecule has 0 saturated carbocycles. The number of hydrogen-bond donors (Lipinski definition) is 1. The fraction of sp³-hybridized carbons (Fsp3) is 0.500. The topological polar surface area (TPSA) is 24.9 Å². The van der Waals surface area contributed by atoms with Crippen molar-refractivity contribution in [2.75, 3.05) is 13.1 Å². The number of hydrogen-bond acceptors (Lipinski definition) is 3. The van der Waals surface area contributed by atoms with Gasteiger partial charge in [-0.05, 0) is 31.0 Å². The van der Waals surface area contributed by atoms with Crippen LogP contribution in [0.25, 0.3) is 10.2 Å². The Balaban J connectivity index is 2.16. The van der Waals surface area contributed by atoms with Crippen molar-refractivity contribution in [2.24, 2.45) is 5.92 Å². The maximum absolute atomic E-state index is 6.26. The van der Waals surface area contributed by atoms with Gasteiger partial charge < -0.3 is 5.32 Å². The second kappa shape index (κ2) is 4.48. The van der Waals surface area contributed by atoms with Crippen LogP contribution in [0.4, 0.5) is 0 Å². The molecule has 1 fully saturated rings.